The van der Waals surface area contributed by atoms with Crippen LogP contribution in [0.25, 0.3) is 10.8 Å². The van der Waals surface area contributed by atoms with Gasteiger partial charge in [0.1, 0.15) is 5.75 Å². The molecule has 2 aromatic rings. The molecule has 144 valence electrons. The van der Waals surface area contributed by atoms with Crippen LogP contribution in [-0.4, -0.2) is 67.5 Å². The maximum atomic E-state index is 13.1. The fourth-order valence-corrected chi connectivity index (χ4v) is 3.49. The maximum absolute atomic E-state index is 13.1. The number of benzene rings is 2. The van der Waals surface area contributed by atoms with Gasteiger partial charge in [-0.05, 0) is 31.4 Å². The molecule has 1 saturated heterocycles. The Morgan fingerprint density at radius 2 is 1.70 bits per heavy atom. The lowest BCUT2D eigenvalue weighted by Gasteiger charge is -2.34. The molecule has 1 aliphatic heterocycles. The molecule has 27 heavy (non-hydrogen) atoms. The van der Waals surface area contributed by atoms with Gasteiger partial charge in [0.2, 0.25) is 5.91 Å². The Bertz CT molecular complexity index is 827. The molecule has 6 heteroatoms. The maximum Gasteiger partial charge on any atom is 0.254 e. The highest BCUT2D eigenvalue weighted by Gasteiger charge is 2.24. The van der Waals surface area contributed by atoms with E-state index in [4.69, 9.17) is 4.74 Å². The van der Waals surface area contributed by atoms with Gasteiger partial charge in [0.05, 0.1) is 13.7 Å². The summed E-state index contributed by atoms with van der Waals surface area (Å²) in [6.07, 6.45) is 0. The summed E-state index contributed by atoms with van der Waals surface area (Å²) < 4.78 is 5.42. The molecule has 2 amide bonds. The predicted octanol–water partition coefficient (Wildman–Crippen LogP) is 2.13. The number of fused-ring (bicyclic) bond motifs is 1. The number of hydrogen-bond acceptors (Lipinski definition) is 4. The molecule has 1 N–H and O–H groups in total. The molecule has 3 rings (SSSR count). The molecule has 1 heterocycles. The first-order valence-electron chi connectivity index (χ1n) is 9.36. The Hall–Kier alpha value is -2.60. The van der Waals surface area contributed by atoms with Gasteiger partial charge >= 0.3 is 0 Å². The van der Waals surface area contributed by atoms with Crippen LogP contribution in [0.2, 0.25) is 0 Å². The van der Waals surface area contributed by atoms with E-state index in [-0.39, 0.29) is 17.9 Å². The monoisotopic (exact) mass is 369 g/mol. The summed E-state index contributed by atoms with van der Waals surface area (Å²) in [5, 5.41) is 4.75. The average molecular weight is 369 g/mol. The van der Waals surface area contributed by atoms with Crippen LogP contribution in [0.4, 0.5) is 0 Å². The van der Waals surface area contributed by atoms with Gasteiger partial charge in [-0.1, -0.05) is 24.3 Å². The summed E-state index contributed by atoms with van der Waals surface area (Å²) in [6, 6.07) is 11.6. The lowest BCUT2D eigenvalue weighted by atomic mass is 10.0. The molecule has 0 atom stereocenters. The number of carbonyl (C=O) groups excluding carboxylic acids is 2. The molecular formula is C21H27N3O3. The molecule has 0 aromatic heterocycles. The zero-order chi connectivity index (χ0) is 19.4. The third-order valence-electron chi connectivity index (χ3n) is 4.81. The van der Waals surface area contributed by atoms with Crippen molar-refractivity contribution in [2.45, 2.75) is 19.9 Å². The standard InChI is InChI=1S/C21H27N3O3/c1-15(2)22-20(25)14-23-10-12-24(13-11-23)21(26)18-8-9-19(27-3)17-7-5-4-6-16(17)18/h4-9,15H,10-14H2,1-3H3,(H,22,25). The number of methoxy groups -OCH3 is 1. The van der Waals surface area contributed by atoms with E-state index in [9.17, 15) is 9.59 Å². The van der Waals surface area contributed by atoms with Crippen LogP contribution in [0.15, 0.2) is 36.4 Å². The number of hydrogen-bond donors (Lipinski definition) is 1. The number of nitrogens with zero attached hydrogens (tertiary/aromatic N) is 2. The minimum Gasteiger partial charge on any atom is -0.496 e. The fraction of sp³-hybridized carbons (Fsp3) is 0.429. The Labute approximate surface area is 160 Å². The Kier molecular flexibility index (Phi) is 5.96. The van der Waals surface area contributed by atoms with E-state index < -0.39 is 0 Å². The zero-order valence-electron chi connectivity index (χ0n) is 16.2. The lowest BCUT2D eigenvalue weighted by Crippen LogP contribution is -2.51. The van der Waals surface area contributed by atoms with Crippen LogP contribution in [0, 0.1) is 0 Å². The van der Waals surface area contributed by atoms with E-state index in [0.29, 0.717) is 38.3 Å². The van der Waals surface area contributed by atoms with Crippen molar-refractivity contribution in [3.8, 4) is 5.75 Å². The normalized spacial score (nSPS) is 15.2. The van der Waals surface area contributed by atoms with Crippen LogP contribution in [0.3, 0.4) is 0 Å². The van der Waals surface area contributed by atoms with Crippen molar-refractivity contribution in [1.29, 1.82) is 0 Å². The second-order valence-electron chi connectivity index (χ2n) is 7.15. The summed E-state index contributed by atoms with van der Waals surface area (Å²) in [6.45, 7) is 6.92. The average Bonchev–Trinajstić information content (AvgIpc) is 2.66. The fourth-order valence-electron chi connectivity index (χ4n) is 3.49. The number of nitrogens with one attached hydrogen (secondary N) is 1. The largest absolute Gasteiger partial charge is 0.496 e. The van der Waals surface area contributed by atoms with Crippen molar-refractivity contribution in [3.05, 3.63) is 42.0 Å². The summed E-state index contributed by atoms with van der Waals surface area (Å²) in [4.78, 5) is 29.0. The van der Waals surface area contributed by atoms with Crippen molar-refractivity contribution < 1.29 is 14.3 Å². The molecule has 0 radical (unpaired) electrons. The van der Waals surface area contributed by atoms with E-state index in [2.05, 4.69) is 10.2 Å². The SMILES string of the molecule is COc1ccc(C(=O)N2CCN(CC(=O)NC(C)C)CC2)c2ccccc12. The predicted molar refractivity (Wildman–Crippen MR) is 106 cm³/mol. The van der Waals surface area contributed by atoms with Gasteiger partial charge < -0.3 is 15.0 Å². The molecule has 0 unspecified atom stereocenters. The van der Waals surface area contributed by atoms with Crippen molar-refractivity contribution >= 4 is 22.6 Å². The van der Waals surface area contributed by atoms with Gasteiger partial charge in [-0.15, -0.1) is 0 Å². The quantitative estimate of drug-likeness (QED) is 0.877. The summed E-state index contributed by atoms with van der Waals surface area (Å²) in [5.74, 6) is 0.828. The lowest BCUT2D eigenvalue weighted by molar-refractivity contribution is -0.123. The summed E-state index contributed by atoms with van der Waals surface area (Å²) >= 11 is 0. The number of carbonyl (C=O) groups is 2. The molecule has 6 nitrogen and oxygen atoms in total. The molecule has 0 saturated carbocycles. The van der Waals surface area contributed by atoms with Crippen LogP contribution in [0.5, 0.6) is 5.75 Å². The molecule has 0 aliphatic carbocycles. The van der Waals surface area contributed by atoms with Gasteiger partial charge in [-0.25, -0.2) is 0 Å². The minimum absolute atomic E-state index is 0.0279. The van der Waals surface area contributed by atoms with E-state index >= 15 is 0 Å². The highest BCUT2D eigenvalue weighted by molar-refractivity contribution is 6.08. The van der Waals surface area contributed by atoms with Crippen LogP contribution >= 0.6 is 0 Å². The summed E-state index contributed by atoms with van der Waals surface area (Å²) in [5.41, 5.74) is 0.692. The molecule has 1 aliphatic rings. The van der Waals surface area contributed by atoms with E-state index in [0.717, 1.165) is 16.5 Å². The van der Waals surface area contributed by atoms with E-state index in [1.54, 1.807) is 7.11 Å². The van der Waals surface area contributed by atoms with Crippen LogP contribution in [-0.2, 0) is 4.79 Å². The first kappa shape index (κ1) is 19.2. The molecular weight excluding hydrogens is 342 g/mol. The third-order valence-corrected chi connectivity index (χ3v) is 4.81. The highest BCUT2D eigenvalue weighted by Crippen LogP contribution is 2.29. The molecule has 2 aromatic carbocycles. The number of amides is 2. The van der Waals surface area contributed by atoms with Crippen LogP contribution < -0.4 is 10.1 Å². The molecule has 0 bridgehead atoms. The second kappa shape index (κ2) is 8.39. The Morgan fingerprint density at radius 3 is 2.33 bits per heavy atom. The van der Waals surface area contributed by atoms with Gasteiger partial charge in [-0.3, -0.25) is 14.5 Å². The molecule has 1 fully saturated rings. The summed E-state index contributed by atoms with van der Waals surface area (Å²) in [7, 11) is 1.64. The first-order valence-corrected chi connectivity index (χ1v) is 9.36. The van der Waals surface area contributed by atoms with Gasteiger partial charge in [0.25, 0.3) is 5.91 Å². The van der Waals surface area contributed by atoms with Crippen molar-refractivity contribution in [3.63, 3.8) is 0 Å². The smallest absolute Gasteiger partial charge is 0.254 e. The van der Waals surface area contributed by atoms with Gasteiger partial charge in [-0.2, -0.15) is 0 Å². The first-order chi connectivity index (χ1) is 13.0. The minimum atomic E-state index is 0.0279. The molecule has 0 spiro atoms. The van der Waals surface area contributed by atoms with Crippen molar-refractivity contribution in [1.82, 2.24) is 15.1 Å². The van der Waals surface area contributed by atoms with E-state index in [1.807, 2.05) is 55.1 Å². The topological polar surface area (TPSA) is 61.9 Å². The van der Waals surface area contributed by atoms with Gasteiger partial charge in [0.15, 0.2) is 0 Å². The Balaban J connectivity index is 1.68. The van der Waals surface area contributed by atoms with E-state index in [1.165, 1.54) is 0 Å². The number of rotatable bonds is 5. The highest BCUT2D eigenvalue weighted by atomic mass is 16.5. The number of piperazine rings is 1. The zero-order valence-corrected chi connectivity index (χ0v) is 16.2. The third kappa shape index (κ3) is 4.39. The van der Waals surface area contributed by atoms with Crippen molar-refractivity contribution in [2.75, 3.05) is 39.8 Å². The Morgan fingerprint density at radius 1 is 1.04 bits per heavy atom. The second-order valence-corrected chi connectivity index (χ2v) is 7.15. The number of ether oxygens (including phenoxy) is 1. The van der Waals surface area contributed by atoms with Crippen LogP contribution in [0.1, 0.15) is 24.2 Å². The van der Waals surface area contributed by atoms with Crippen molar-refractivity contribution in [2.24, 2.45) is 0 Å². The van der Waals surface area contributed by atoms with Gasteiger partial charge in [0, 0.05) is 43.2 Å².